The molecular weight excluding hydrogens is 703 g/mol. The topological polar surface area (TPSA) is 159 Å². The molecule has 6 rings (SSSR count). The second-order valence-electron chi connectivity index (χ2n) is 14.5. The minimum absolute atomic E-state index is 0.00980. The number of hydrogen-bond donors (Lipinski definition) is 3. The van der Waals surface area contributed by atoms with Crippen molar-refractivity contribution in [3.63, 3.8) is 0 Å². The van der Waals surface area contributed by atoms with Gasteiger partial charge in [-0.25, -0.2) is 23.1 Å². The molecule has 2 aliphatic carbocycles. The van der Waals surface area contributed by atoms with Crippen LogP contribution in [0.3, 0.4) is 0 Å². The van der Waals surface area contributed by atoms with Crippen LogP contribution in [0.1, 0.15) is 75.8 Å². The summed E-state index contributed by atoms with van der Waals surface area (Å²) in [5.41, 5.74) is 3.84. The highest BCUT2D eigenvalue weighted by molar-refractivity contribution is 7.89. The van der Waals surface area contributed by atoms with E-state index in [0.29, 0.717) is 16.8 Å². The Balaban J connectivity index is 0.991. The normalized spacial score (nSPS) is 18.8. The van der Waals surface area contributed by atoms with Crippen molar-refractivity contribution in [2.75, 3.05) is 19.6 Å². The lowest BCUT2D eigenvalue weighted by atomic mass is 9.70. The SMILES string of the molecule is CCCC1CCC(C2CC=C(c3cnc(-c4ccc(CN(CC(=O)O)C(=O)CNC(=O)CNS(=O)(=O)c5cccc6ccccc56)cc4)nc3)CC2)CC1. The summed E-state index contributed by atoms with van der Waals surface area (Å²) in [4.78, 5) is 47.6. The number of hydrogen-bond acceptors (Lipinski definition) is 7. The minimum Gasteiger partial charge on any atom is -0.480 e. The van der Waals surface area contributed by atoms with Gasteiger partial charge in [-0.05, 0) is 72.4 Å². The molecule has 0 aliphatic heterocycles. The smallest absolute Gasteiger partial charge is 0.323 e. The van der Waals surface area contributed by atoms with Crippen molar-refractivity contribution in [1.29, 1.82) is 0 Å². The number of nitrogens with one attached hydrogen (secondary N) is 2. The summed E-state index contributed by atoms with van der Waals surface area (Å²) in [6.07, 6.45) is 17.8. The summed E-state index contributed by atoms with van der Waals surface area (Å²) in [6.45, 7) is 0.605. The Kier molecular flexibility index (Phi) is 12.9. The lowest BCUT2D eigenvalue weighted by Gasteiger charge is -2.35. The van der Waals surface area contributed by atoms with Crippen LogP contribution < -0.4 is 10.0 Å². The van der Waals surface area contributed by atoms with Crippen molar-refractivity contribution in [2.24, 2.45) is 17.8 Å². The number of carboxylic acids is 1. The second-order valence-corrected chi connectivity index (χ2v) is 16.3. The van der Waals surface area contributed by atoms with Crippen LogP contribution in [-0.4, -0.2) is 65.8 Å². The molecule has 2 amide bonds. The highest BCUT2D eigenvalue weighted by Crippen LogP contribution is 2.42. The van der Waals surface area contributed by atoms with Gasteiger partial charge in [0.1, 0.15) is 6.54 Å². The summed E-state index contributed by atoms with van der Waals surface area (Å²) in [5.74, 6) is 0.571. The number of carbonyl (C=O) groups excluding carboxylic acids is 2. The van der Waals surface area contributed by atoms with E-state index in [2.05, 4.69) is 33.0 Å². The molecule has 2 aliphatic rings. The first-order valence-electron chi connectivity index (χ1n) is 18.9. The number of allylic oxidation sites excluding steroid dienone is 2. The highest BCUT2D eigenvalue weighted by Gasteiger charge is 2.29. The van der Waals surface area contributed by atoms with Crippen molar-refractivity contribution in [2.45, 2.75) is 76.2 Å². The minimum atomic E-state index is -4.03. The predicted octanol–water partition coefficient (Wildman–Crippen LogP) is 6.59. The molecule has 0 radical (unpaired) electrons. The monoisotopic (exact) mass is 751 g/mol. The molecule has 0 spiro atoms. The number of fused-ring (bicyclic) bond motifs is 1. The largest absolute Gasteiger partial charge is 0.480 e. The molecule has 0 bridgehead atoms. The van der Waals surface area contributed by atoms with Gasteiger partial charge in [-0.1, -0.05) is 99.3 Å². The zero-order chi connectivity index (χ0) is 38.1. The van der Waals surface area contributed by atoms with Crippen LogP contribution in [0.4, 0.5) is 0 Å². The fraction of sp³-hybridized carbons (Fsp3) is 0.405. The van der Waals surface area contributed by atoms with E-state index in [1.165, 1.54) is 56.6 Å². The molecule has 3 aromatic carbocycles. The van der Waals surface area contributed by atoms with Gasteiger partial charge in [0.25, 0.3) is 0 Å². The van der Waals surface area contributed by atoms with Crippen molar-refractivity contribution < 1.29 is 27.9 Å². The Bertz CT molecular complexity index is 2070. The lowest BCUT2D eigenvalue weighted by molar-refractivity contribution is -0.144. The van der Waals surface area contributed by atoms with E-state index >= 15 is 0 Å². The summed E-state index contributed by atoms with van der Waals surface area (Å²) in [5, 5.41) is 13.1. The van der Waals surface area contributed by atoms with E-state index in [0.717, 1.165) is 52.0 Å². The van der Waals surface area contributed by atoms with E-state index in [1.54, 1.807) is 48.5 Å². The van der Waals surface area contributed by atoms with Crippen LogP contribution in [0.2, 0.25) is 0 Å². The lowest BCUT2D eigenvalue weighted by Crippen LogP contribution is -2.44. The first-order chi connectivity index (χ1) is 26.1. The van der Waals surface area contributed by atoms with Crippen molar-refractivity contribution in [1.82, 2.24) is 24.9 Å². The first-order valence-corrected chi connectivity index (χ1v) is 20.4. The maximum atomic E-state index is 13.0. The van der Waals surface area contributed by atoms with Crippen LogP contribution in [0.15, 0.2) is 90.1 Å². The summed E-state index contributed by atoms with van der Waals surface area (Å²) >= 11 is 0. The Morgan fingerprint density at radius 3 is 2.26 bits per heavy atom. The molecule has 54 heavy (non-hydrogen) atoms. The van der Waals surface area contributed by atoms with E-state index in [4.69, 9.17) is 0 Å². The van der Waals surface area contributed by atoms with E-state index < -0.39 is 47.4 Å². The summed E-state index contributed by atoms with van der Waals surface area (Å²) in [7, 11) is -4.03. The average Bonchev–Trinajstić information content (AvgIpc) is 3.19. The maximum Gasteiger partial charge on any atom is 0.323 e. The van der Waals surface area contributed by atoms with E-state index in [1.807, 2.05) is 24.5 Å². The van der Waals surface area contributed by atoms with Gasteiger partial charge in [0.2, 0.25) is 21.8 Å². The van der Waals surface area contributed by atoms with Gasteiger partial charge in [-0.2, -0.15) is 0 Å². The molecule has 4 aromatic rings. The van der Waals surface area contributed by atoms with Crippen LogP contribution in [0.5, 0.6) is 0 Å². The number of benzene rings is 3. The van der Waals surface area contributed by atoms with E-state index in [-0.39, 0.29) is 11.4 Å². The maximum absolute atomic E-state index is 13.0. The molecule has 1 saturated carbocycles. The highest BCUT2D eigenvalue weighted by atomic mass is 32.2. The van der Waals surface area contributed by atoms with Crippen molar-refractivity contribution in [3.8, 4) is 11.4 Å². The second kappa shape index (κ2) is 17.9. The van der Waals surface area contributed by atoms with Gasteiger partial charge in [-0.15, -0.1) is 0 Å². The van der Waals surface area contributed by atoms with Crippen molar-refractivity contribution in [3.05, 3.63) is 96.3 Å². The molecular formula is C42H49N5O6S. The molecule has 1 unspecified atom stereocenters. The number of rotatable bonds is 15. The fourth-order valence-electron chi connectivity index (χ4n) is 7.94. The number of amides is 2. The third-order valence-corrected chi connectivity index (χ3v) is 12.4. The fourth-order valence-corrected chi connectivity index (χ4v) is 9.15. The average molecular weight is 752 g/mol. The standard InChI is InChI=1S/C42H49N5O6S/c1-2-6-29-11-15-31(16-12-29)32-19-21-33(22-20-32)36-23-44-42(45-24-36)35-17-13-30(14-18-35)27-47(28-41(50)51)40(49)26-43-39(48)25-46-54(52,53)38-10-5-8-34-7-3-4-9-37(34)38/h3-5,7-10,13-14,17-18,21,23-24,29,31-32,46H,2,6,11-12,15-16,19-20,22,25-28H2,1H3,(H,43,48)(H,50,51). The summed E-state index contributed by atoms with van der Waals surface area (Å²) < 4.78 is 28.2. The van der Waals surface area contributed by atoms with E-state index in [9.17, 15) is 27.9 Å². The molecule has 0 saturated heterocycles. The Hall–Kier alpha value is -4.94. The number of carbonyl (C=O) groups is 3. The van der Waals surface area contributed by atoms with Crippen LogP contribution in [-0.2, 0) is 31.0 Å². The molecule has 1 fully saturated rings. The molecule has 11 nitrogen and oxygen atoms in total. The first kappa shape index (κ1) is 38.8. The Morgan fingerprint density at radius 1 is 0.852 bits per heavy atom. The number of nitrogens with zero attached hydrogens (tertiary/aromatic N) is 3. The van der Waals surface area contributed by atoms with Crippen LogP contribution in [0, 0.1) is 17.8 Å². The van der Waals surface area contributed by atoms with Gasteiger partial charge < -0.3 is 15.3 Å². The quantitative estimate of drug-likeness (QED) is 0.123. The van der Waals surface area contributed by atoms with Gasteiger partial charge in [-0.3, -0.25) is 14.4 Å². The van der Waals surface area contributed by atoms with Crippen LogP contribution >= 0.6 is 0 Å². The molecule has 284 valence electrons. The number of aliphatic carboxylic acids is 1. The Labute approximate surface area is 317 Å². The van der Waals surface area contributed by atoms with Gasteiger partial charge in [0, 0.05) is 35.5 Å². The van der Waals surface area contributed by atoms with Crippen molar-refractivity contribution >= 4 is 44.2 Å². The zero-order valence-corrected chi connectivity index (χ0v) is 31.6. The summed E-state index contributed by atoms with van der Waals surface area (Å²) in [6, 6.07) is 19.1. The molecule has 12 heteroatoms. The van der Waals surface area contributed by atoms with Gasteiger partial charge in [0.15, 0.2) is 5.82 Å². The molecule has 1 heterocycles. The third kappa shape index (κ3) is 9.97. The molecule has 1 aromatic heterocycles. The number of carboxylic acid groups (broad SMARTS) is 1. The van der Waals surface area contributed by atoms with Crippen LogP contribution in [0.25, 0.3) is 27.7 Å². The molecule has 3 N–H and O–H groups in total. The third-order valence-electron chi connectivity index (χ3n) is 10.9. The zero-order valence-electron chi connectivity index (χ0n) is 30.7. The number of sulfonamides is 1. The number of aromatic nitrogens is 2. The Morgan fingerprint density at radius 2 is 1.57 bits per heavy atom. The predicted molar refractivity (Wildman–Crippen MR) is 208 cm³/mol. The molecule has 1 atom stereocenters. The van der Waals surface area contributed by atoms with Gasteiger partial charge >= 0.3 is 5.97 Å². The van der Waals surface area contributed by atoms with Gasteiger partial charge in [0.05, 0.1) is 18.0 Å².